The molecule has 1 atom stereocenters. The van der Waals surface area contributed by atoms with E-state index >= 15 is 0 Å². The van der Waals surface area contributed by atoms with Gasteiger partial charge < -0.3 is 14.2 Å². The maximum absolute atomic E-state index is 13.4. The lowest BCUT2D eigenvalue weighted by Crippen LogP contribution is -2.52. The van der Waals surface area contributed by atoms with Crippen LogP contribution in [0.4, 0.5) is 22.0 Å². The fraction of sp³-hybridized carbons (Fsp3) is 0.300. The number of benzene rings is 2. The third-order valence-corrected chi connectivity index (χ3v) is 4.28. The molecule has 2 aromatic rings. The highest BCUT2D eigenvalue weighted by atomic mass is 19.3. The lowest BCUT2D eigenvalue weighted by atomic mass is 9.91. The summed E-state index contributed by atoms with van der Waals surface area (Å²) in [5.41, 5.74) is 0.199. The fourth-order valence-electron chi connectivity index (χ4n) is 2.82. The number of hydrogen-bond donors (Lipinski definition) is 0. The van der Waals surface area contributed by atoms with Crippen molar-refractivity contribution in [2.45, 2.75) is 25.6 Å². The van der Waals surface area contributed by atoms with Crippen molar-refractivity contribution in [3.8, 4) is 11.5 Å². The quantitative estimate of drug-likeness (QED) is 0.295. The van der Waals surface area contributed by atoms with Crippen LogP contribution in [0.2, 0.25) is 0 Å². The Morgan fingerprint density at radius 2 is 1.57 bits per heavy atom. The smallest absolute Gasteiger partial charge is 0.465 e. The molecule has 0 aliphatic carbocycles. The van der Waals surface area contributed by atoms with E-state index in [0.717, 1.165) is 24.3 Å². The summed E-state index contributed by atoms with van der Waals surface area (Å²) in [4.78, 5) is 25.1. The number of alkyl halides is 4. The second-order valence-electron chi connectivity index (χ2n) is 6.40. The number of hydrogen-bond acceptors (Lipinski definition) is 5. The molecule has 30 heavy (non-hydrogen) atoms. The summed E-state index contributed by atoms with van der Waals surface area (Å²) >= 11 is 0. The molecule has 1 aliphatic heterocycles. The van der Waals surface area contributed by atoms with Crippen LogP contribution in [0.25, 0.3) is 0 Å². The number of Topliss-reactive ketones (excluding diaryl/α,β-unsaturated/α-hetero) is 1. The van der Waals surface area contributed by atoms with Gasteiger partial charge in [0, 0.05) is 5.56 Å². The van der Waals surface area contributed by atoms with Crippen LogP contribution in [-0.4, -0.2) is 30.6 Å². The zero-order chi connectivity index (χ0) is 22.1. The van der Waals surface area contributed by atoms with Crippen LogP contribution in [0.3, 0.4) is 0 Å². The molecular formula is C20H15F5O5. The second-order valence-corrected chi connectivity index (χ2v) is 6.40. The first kappa shape index (κ1) is 21.5. The van der Waals surface area contributed by atoms with Gasteiger partial charge in [0.1, 0.15) is 11.7 Å². The van der Waals surface area contributed by atoms with Crippen molar-refractivity contribution in [1.29, 1.82) is 0 Å². The third-order valence-electron chi connectivity index (χ3n) is 4.28. The van der Waals surface area contributed by atoms with Crippen LogP contribution in [0.1, 0.15) is 22.8 Å². The van der Waals surface area contributed by atoms with Crippen molar-refractivity contribution in [3.63, 3.8) is 0 Å². The molecule has 0 amide bonds. The molecule has 3 rings (SSSR count). The molecule has 0 bridgehead atoms. The molecule has 0 N–H and O–H groups in total. The van der Waals surface area contributed by atoms with Gasteiger partial charge in [-0.15, -0.1) is 0 Å². The molecule has 0 fully saturated rings. The molecule has 1 unspecified atom stereocenters. The maximum Gasteiger partial charge on any atom is 0.507 e. The van der Waals surface area contributed by atoms with Crippen molar-refractivity contribution < 1.29 is 45.8 Å². The minimum atomic E-state index is -4.90. The van der Waals surface area contributed by atoms with Crippen molar-refractivity contribution in [3.05, 3.63) is 59.4 Å². The first-order valence-electron chi connectivity index (χ1n) is 8.77. The molecule has 2 aromatic carbocycles. The van der Waals surface area contributed by atoms with Crippen molar-refractivity contribution >= 4 is 11.8 Å². The van der Waals surface area contributed by atoms with Crippen LogP contribution in [0.5, 0.6) is 11.5 Å². The molecular weight excluding hydrogens is 415 g/mol. The van der Waals surface area contributed by atoms with Gasteiger partial charge >= 0.3 is 18.2 Å². The van der Waals surface area contributed by atoms with Gasteiger partial charge in [0.2, 0.25) is 0 Å². The van der Waals surface area contributed by atoms with E-state index < -0.39 is 47.2 Å². The highest BCUT2D eigenvalue weighted by molar-refractivity contribution is 6.08. The summed E-state index contributed by atoms with van der Waals surface area (Å²) in [6.45, 7) is 1.51. The van der Waals surface area contributed by atoms with E-state index in [1.807, 2.05) is 0 Å². The SMILES string of the molecule is CCOC(=O)C(Cc1ccc2c(c1)OC(F)(F)C(F)(F)O2)C(=O)c1ccc(F)cc1. The average molecular weight is 430 g/mol. The number of rotatable bonds is 6. The summed E-state index contributed by atoms with van der Waals surface area (Å²) in [5, 5.41) is 0. The zero-order valence-electron chi connectivity index (χ0n) is 15.5. The summed E-state index contributed by atoms with van der Waals surface area (Å²) in [7, 11) is 0. The summed E-state index contributed by atoms with van der Waals surface area (Å²) in [6.07, 6.45) is -10.1. The first-order valence-corrected chi connectivity index (χ1v) is 8.77. The van der Waals surface area contributed by atoms with Crippen LogP contribution < -0.4 is 9.47 Å². The van der Waals surface area contributed by atoms with Gasteiger partial charge in [-0.2, -0.15) is 17.6 Å². The minimum absolute atomic E-state index is 0.0194. The van der Waals surface area contributed by atoms with Gasteiger partial charge in [-0.3, -0.25) is 9.59 Å². The standard InChI is InChI=1S/C20H15F5O5/c1-2-28-18(27)14(17(26)12-4-6-13(21)7-5-12)9-11-3-8-15-16(10-11)30-20(24,25)19(22,23)29-15/h3-8,10,14H,2,9H2,1H3. The number of ketones is 1. The number of ether oxygens (including phenoxy) is 3. The van der Waals surface area contributed by atoms with E-state index in [9.17, 15) is 31.5 Å². The highest BCUT2D eigenvalue weighted by Gasteiger charge is 2.65. The van der Waals surface area contributed by atoms with Gasteiger partial charge in [0.25, 0.3) is 0 Å². The summed E-state index contributed by atoms with van der Waals surface area (Å²) in [5.74, 6) is -4.80. The molecule has 0 saturated carbocycles. The van der Waals surface area contributed by atoms with E-state index in [0.29, 0.717) is 0 Å². The largest absolute Gasteiger partial charge is 0.507 e. The van der Waals surface area contributed by atoms with Crippen molar-refractivity contribution in [2.24, 2.45) is 5.92 Å². The Balaban J connectivity index is 1.89. The Morgan fingerprint density at radius 3 is 2.17 bits per heavy atom. The number of carbonyl (C=O) groups is 2. The van der Waals surface area contributed by atoms with E-state index in [2.05, 4.69) is 9.47 Å². The number of fused-ring (bicyclic) bond motifs is 1. The molecule has 160 valence electrons. The van der Waals surface area contributed by atoms with Crippen LogP contribution in [0, 0.1) is 11.7 Å². The van der Waals surface area contributed by atoms with E-state index in [1.165, 1.54) is 25.1 Å². The number of esters is 1. The predicted octanol–water partition coefficient (Wildman–Crippen LogP) is 4.39. The second kappa shape index (κ2) is 7.92. The van der Waals surface area contributed by atoms with Crippen LogP contribution in [0.15, 0.2) is 42.5 Å². The van der Waals surface area contributed by atoms with Gasteiger partial charge in [0.05, 0.1) is 6.61 Å². The van der Waals surface area contributed by atoms with E-state index in [1.54, 1.807) is 0 Å². The average Bonchev–Trinajstić information content (AvgIpc) is 2.67. The topological polar surface area (TPSA) is 61.8 Å². The van der Waals surface area contributed by atoms with Gasteiger partial charge in [-0.25, -0.2) is 4.39 Å². The first-order chi connectivity index (χ1) is 14.0. The normalized spacial score (nSPS) is 17.1. The van der Waals surface area contributed by atoms with Gasteiger partial charge in [-0.1, -0.05) is 6.07 Å². The summed E-state index contributed by atoms with van der Waals surface area (Å²) in [6, 6.07) is 7.64. The number of carbonyl (C=O) groups excluding carboxylic acids is 2. The Bertz CT molecular complexity index is 959. The van der Waals surface area contributed by atoms with Crippen LogP contribution >= 0.6 is 0 Å². The maximum atomic E-state index is 13.4. The van der Waals surface area contributed by atoms with Crippen LogP contribution in [-0.2, 0) is 16.0 Å². The predicted molar refractivity (Wildman–Crippen MR) is 92.1 cm³/mol. The minimum Gasteiger partial charge on any atom is -0.465 e. The Kier molecular flexibility index (Phi) is 5.69. The molecule has 5 nitrogen and oxygen atoms in total. The van der Waals surface area contributed by atoms with Gasteiger partial charge in [0.15, 0.2) is 17.3 Å². The van der Waals surface area contributed by atoms with E-state index in [4.69, 9.17) is 4.74 Å². The molecule has 0 radical (unpaired) electrons. The Morgan fingerprint density at radius 1 is 0.967 bits per heavy atom. The third kappa shape index (κ3) is 4.22. The van der Waals surface area contributed by atoms with Crippen molar-refractivity contribution in [2.75, 3.05) is 6.61 Å². The molecule has 10 heteroatoms. The molecule has 0 saturated heterocycles. The van der Waals surface area contributed by atoms with Crippen molar-refractivity contribution in [1.82, 2.24) is 0 Å². The Hall–Kier alpha value is -3.17. The zero-order valence-corrected chi connectivity index (χ0v) is 15.5. The summed E-state index contributed by atoms with van der Waals surface area (Å²) < 4.78 is 79.4. The fourth-order valence-corrected chi connectivity index (χ4v) is 2.82. The Labute approximate surface area is 167 Å². The molecule has 0 spiro atoms. The molecule has 1 aliphatic rings. The molecule has 1 heterocycles. The van der Waals surface area contributed by atoms with Gasteiger partial charge in [-0.05, 0) is 55.3 Å². The molecule has 0 aromatic heterocycles. The lowest BCUT2D eigenvalue weighted by molar-refractivity contribution is -0.391. The monoisotopic (exact) mass is 430 g/mol. The lowest BCUT2D eigenvalue weighted by Gasteiger charge is -2.32. The number of halogens is 5. The highest BCUT2D eigenvalue weighted by Crippen LogP contribution is 2.47. The van der Waals surface area contributed by atoms with E-state index in [-0.39, 0.29) is 24.2 Å².